The van der Waals surface area contributed by atoms with E-state index in [9.17, 15) is 14.4 Å². The summed E-state index contributed by atoms with van der Waals surface area (Å²) >= 11 is 0. The molecule has 0 unspecified atom stereocenters. The molecule has 3 aromatic rings. The van der Waals surface area contributed by atoms with Gasteiger partial charge in [-0.05, 0) is 35.9 Å². The van der Waals surface area contributed by atoms with Gasteiger partial charge in [0.1, 0.15) is 5.75 Å². The number of rotatable bonds is 6. The zero-order valence-corrected chi connectivity index (χ0v) is 15.8. The van der Waals surface area contributed by atoms with Crippen LogP contribution in [0.25, 0.3) is 0 Å². The van der Waals surface area contributed by atoms with E-state index in [1.165, 1.54) is 13.0 Å². The minimum Gasteiger partial charge on any atom is -0.427 e. The van der Waals surface area contributed by atoms with Crippen molar-refractivity contribution in [2.75, 3.05) is 10.6 Å². The molecule has 3 aromatic carbocycles. The van der Waals surface area contributed by atoms with Crippen LogP contribution in [-0.4, -0.2) is 17.8 Å². The molecule has 29 heavy (non-hydrogen) atoms. The molecule has 0 saturated heterocycles. The number of nitrogens with one attached hydrogen (secondary N) is 2. The number of para-hydroxylation sites is 2. The van der Waals surface area contributed by atoms with Crippen molar-refractivity contribution in [3.05, 3.63) is 90.0 Å². The third-order valence-corrected chi connectivity index (χ3v) is 4.01. The summed E-state index contributed by atoms with van der Waals surface area (Å²) in [7, 11) is 0. The maximum absolute atomic E-state index is 12.6. The molecule has 0 atom stereocenters. The van der Waals surface area contributed by atoms with Crippen LogP contribution in [0.2, 0.25) is 0 Å². The Bertz CT molecular complexity index is 1030. The standard InChI is InChI=1S/C23H20N2O4/c1-16(26)29-19-11-7-10-18(15-19)23(28)25-21-13-6-5-12-20(21)24-22(27)14-17-8-3-2-4-9-17/h2-13,15H,14H2,1H3,(H,24,27)(H,25,28). The van der Waals surface area contributed by atoms with Crippen molar-refractivity contribution in [2.24, 2.45) is 0 Å². The number of hydrogen-bond acceptors (Lipinski definition) is 4. The molecule has 0 heterocycles. The fraction of sp³-hybridized carbons (Fsp3) is 0.0870. The van der Waals surface area contributed by atoms with Gasteiger partial charge in [0.05, 0.1) is 17.8 Å². The molecule has 0 fully saturated rings. The van der Waals surface area contributed by atoms with E-state index >= 15 is 0 Å². The largest absolute Gasteiger partial charge is 0.427 e. The number of anilines is 2. The van der Waals surface area contributed by atoms with Crippen LogP contribution in [0.1, 0.15) is 22.8 Å². The number of hydrogen-bond donors (Lipinski definition) is 2. The SMILES string of the molecule is CC(=O)Oc1cccc(C(=O)Nc2ccccc2NC(=O)Cc2ccccc2)c1. The molecule has 0 aromatic heterocycles. The summed E-state index contributed by atoms with van der Waals surface area (Å²) in [5, 5.41) is 5.61. The van der Waals surface area contributed by atoms with Crippen molar-refractivity contribution in [3.63, 3.8) is 0 Å². The Morgan fingerprint density at radius 1 is 0.793 bits per heavy atom. The van der Waals surface area contributed by atoms with Gasteiger partial charge in [-0.1, -0.05) is 48.5 Å². The zero-order valence-electron chi connectivity index (χ0n) is 15.8. The van der Waals surface area contributed by atoms with E-state index in [1.54, 1.807) is 42.5 Å². The molecule has 0 saturated carbocycles. The van der Waals surface area contributed by atoms with E-state index in [0.717, 1.165) is 5.56 Å². The van der Waals surface area contributed by atoms with E-state index < -0.39 is 5.97 Å². The van der Waals surface area contributed by atoms with E-state index in [0.29, 0.717) is 16.9 Å². The second-order valence-corrected chi connectivity index (χ2v) is 6.33. The van der Waals surface area contributed by atoms with Crippen molar-refractivity contribution in [1.82, 2.24) is 0 Å². The lowest BCUT2D eigenvalue weighted by Crippen LogP contribution is -2.18. The Morgan fingerprint density at radius 2 is 1.45 bits per heavy atom. The molecule has 2 N–H and O–H groups in total. The number of carbonyl (C=O) groups excluding carboxylic acids is 3. The second-order valence-electron chi connectivity index (χ2n) is 6.33. The van der Waals surface area contributed by atoms with Gasteiger partial charge in [0.15, 0.2) is 0 Å². The quantitative estimate of drug-likeness (QED) is 0.493. The number of ether oxygens (including phenoxy) is 1. The molecule has 0 bridgehead atoms. The third kappa shape index (κ3) is 5.77. The lowest BCUT2D eigenvalue weighted by molar-refractivity contribution is -0.131. The van der Waals surface area contributed by atoms with Gasteiger partial charge >= 0.3 is 5.97 Å². The van der Waals surface area contributed by atoms with Crippen molar-refractivity contribution < 1.29 is 19.1 Å². The maximum Gasteiger partial charge on any atom is 0.308 e. The van der Waals surface area contributed by atoms with Gasteiger partial charge < -0.3 is 15.4 Å². The summed E-state index contributed by atoms with van der Waals surface area (Å²) in [6, 6.07) is 22.7. The Labute approximate surface area is 168 Å². The Kier molecular flexibility index (Phi) is 6.37. The van der Waals surface area contributed by atoms with Crippen molar-refractivity contribution >= 4 is 29.2 Å². The minimum atomic E-state index is -0.464. The topological polar surface area (TPSA) is 84.5 Å². The fourth-order valence-corrected chi connectivity index (χ4v) is 2.74. The highest BCUT2D eigenvalue weighted by molar-refractivity contribution is 6.07. The van der Waals surface area contributed by atoms with Gasteiger partial charge in [-0.15, -0.1) is 0 Å². The van der Waals surface area contributed by atoms with Gasteiger partial charge in [0.2, 0.25) is 5.91 Å². The van der Waals surface area contributed by atoms with Crippen LogP contribution in [0.3, 0.4) is 0 Å². The molecule has 3 rings (SSSR count). The van der Waals surface area contributed by atoms with Crippen molar-refractivity contribution in [1.29, 1.82) is 0 Å². The molecule has 6 heteroatoms. The van der Waals surface area contributed by atoms with Crippen LogP contribution < -0.4 is 15.4 Å². The molecule has 0 aliphatic heterocycles. The molecular weight excluding hydrogens is 368 g/mol. The summed E-state index contributed by atoms with van der Waals surface area (Å²) in [5.41, 5.74) is 2.19. The predicted octanol–water partition coefficient (Wildman–Crippen LogP) is 4.05. The summed E-state index contributed by atoms with van der Waals surface area (Å²) in [4.78, 5) is 36.1. The molecular formula is C23H20N2O4. The predicted molar refractivity (Wildman–Crippen MR) is 111 cm³/mol. The normalized spacial score (nSPS) is 10.1. The van der Waals surface area contributed by atoms with Crippen LogP contribution in [0.5, 0.6) is 5.75 Å². The summed E-state index contributed by atoms with van der Waals surface area (Å²) in [6.07, 6.45) is 0.230. The lowest BCUT2D eigenvalue weighted by atomic mass is 10.1. The smallest absolute Gasteiger partial charge is 0.308 e. The number of esters is 1. The van der Waals surface area contributed by atoms with Gasteiger partial charge in [-0.25, -0.2) is 0 Å². The average Bonchev–Trinajstić information content (AvgIpc) is 2.70. The molecule has 0 aliphatic rings. The minimum absolute atomic E-state index is 0.185. The van der Waals surface area contributed by atoms with E-state index in [2.05, 4.69) is 10.6 Å². The monoisotopic (exact) mass is 388 g/mol. The first-order valence-corrected chi connectivity index (χ1v) is 9.04. The third-order valence-electron chi connectivity index (χ3n) is 4.01. The molecule has 6 nitrogen and oxygen atoms in total. The number of carbonyl (C=O) groups is 3. The van der Waals surface area contributed by atoms with Gasteiger partial charge in [-0.3, -0.25) is 14.4 Å². The molecule has 0 aliphatic carbocycles. The average molecular weight is 388 g/mol. The number of benzene rings is 3. The first-order chi connectivity index (χ1) is 14.0. The first kappa shape index (κ1) is 19.8. The summed E-state index contributed by atoms with van der Waals surface area (Å²) < 4.78 is 5.01. The maximum atomic E-state index is 12.6. The van der Waals surface area contributed by atoms with E-state index in [1.807, 2.05) is 30.3 Å². The van der Waals surface area contributed by atoms with Gasteiger partial charge in [-0.2, -0.15) is 0 Å². The van der Waals surface area contributed by atoms with E-state index in [-0.39, 0.29) is 24.0 Å². The second kappa shape index (κ2) is 9.32. The number of amides is 2. The lowest BCUT2D eigenvalue weighted by Gasteiger charge is -2.13. The van der Waals surface area contributed by atoms with Crippen molar-refractivity contribution in [3.8, 4) is 5.75 Å². The Balaban J connectivity index is 1.71. The van der Waals surface area contributed by atoms with Gasteiger partial charge in [0, 0.05) is 12.5 Å². The Hall–Kier alpha value is -3.93. The first-order valence-electron chi connectivity index (χ1n) is 9.04. The molecule has 146 valence electrons. The van der Waals surface area contributed by atoms with Crippen LogP contribution in [0.15, 0.2) is 78.9 Å². The van der Waals surface area contributed by atoms with Crippen LogP contribution >= 0.6 is 0 Å². The molecule has 2 amide bonds. The van der Waals surface area contributed by atoms with E-state index in [4.69, 9.17) is 4.74 Å². The summed E-state index contributed by atoms with van der Waals surface area (Å²) in [6.45, 7) is 1.29. The molecule has 0 radical (unpaired) electrons. The van der Waals surface area contributed by atoms with Crippen molar-refractivity contribution in [2.45, 2.75) is 13.3 Å². The van der Waals surface area contributed by atoms with Crippen LogP contribution in [0, 0.1) is 0 Å². The highest BCUT2D eigenvalue weighted by Crippen LogP contribution is 2.23. The van der Waals surface area contributed by atoms with Crippen LogP contribution in [0.4, 0.5) is 11.4 Å². The molecule has 0 spiro atoms. The zero-order chi connectivity index (χ0) is 20.6. The van der Waals surface area contributed by atoms with Crippen LogP contribution in [-0.2, 0) is 16.0 Å². The summed E-state index contributed by atoms with van der Waals surface area (Å²) in [5.74, 6) is -0.748. The highest BCUT2D eigenvalue weighted by atomic mass is 16.5. The highest BCUT2D eigenvalue weighted by Gasteiger charge is 2.12. The fourth-order valence-electron chi connectivity index (χ4n) is 2.74. The Morgan fingerprint density at radius 3 is 2.14 bits per heavy atom. The van der Waals surface area contributed by atoms with Gasteiger partial charge in [0.25, 0.3) is 5.91 Å².